The molecule has 0 aromatic heterocycles. The molecule has 0 saturated heterocycles. The zero-order valence-electron chi connectivity index (χ0n) is 9.68. The third-order valence-electron chi connectivity index (χ3n) is 2.45. The molecule has 0 fully saturated rings. The molecule has 0 radical (unpaired) electrons. The molecule has 6 heteroatoms. The number of nitro groups is 1. The van der Waals surface area contributed by atoms with Crippen LogP contribution >= 0.6 is 23.2 Å². The zero-order chi connectivity index (χ0) is 13.8. The lowest BCUT2D eigenvalue weighted by Crippen LogP contribution is -2.00. The van der Waals surface area contributed by atoms with E-state index in [0.717, 1.165) is 0 Å². The van der Waals surface area contributed by atoms with E-state index in [1.54, 1.807) is 24.3 Å². The Kier molecular flexibility index (Phi) is 4.24. The maximum Gasteiger partial charge on any atom is 0.276 e. The molecular weight excluding hydrogens is 289 g/mol. The van der Waals surface area contributed by atoms with Gasteiger partial charge in [-0.05, 0) is 36.4 Å². The van der Waals surface area contributed by atoms with Crippen LogP contribution in [0.5, 0.6) is 5.75 Å². The second kappa shape index (κ2) is 5.91. The Morgan fingerprint density at radius 2 is 1.68 bits per heavy atom. The topological polar surface area (TPSA) is 52.4 Å². The zero-order valence-corrected chi connectivity index (χ0v) is 11.2. The molecule has 0 bridgehead atoms. The minimum atomic E-state index is -0.461. The highest BCUT2D eigenvalue weighted by molar-refractivity contribution is 6.30. The van der Waals surface area contributed by atoms with Crippen molar-refractivity contribution in [3.05, 3.63) is 68.2 Å². The van der Waals surface area contributed by atoms with E-state index in [1.165, 1.54) is 18.2 Å². The maximum absolute atomic E-state index is 10.9. The van der Waals surface area contributed by atoms with Crippen LogP contribution in [0.3, 0.4) is 0 Å². The molecule has 0 aliphatic rings. The summed E-state index contributed by atoms with van der Waals surface area (Å²) in [7, 11) is 0. The lowest BCUT2D eigenvalue weighted by atomic mass is 10.2. The summed E-state index contributed by atoms with van der Waals surface area (Å²) in [6, 6.07) is 11.1. The summed E-state index contributed by atoms with van der Waals surface area (Å²) in [6.07, 6.45) is 0. The second-order valence-corrected chi connectivity index (χ2v) is 4.65. The van der Waals surface area contributed by atoms with Crippen molar-refractivity contribution in [2.75, 3.05) is 0 Å². The molecule has 0 aliphatic heterocycles. The van der Waals surface area contributed by atoms with Gasteiger partial charge in [0.25, 0.3) is 5.69 Å². The molecule has 0 heterocycles. The maximum atomic E-state index is 10.9. The largest absolute Gasteiger partial charge is 0.489 e. The number of nitrogens with zero attached hydrogens (tertiary/aromatic N) is 1. The van der Waals surface area contributed by atoms with E-state index in [2.05, 4.69) is 0 Å². The van der Waals surface area contributed by atoms with Crippen molar-refractivity contribution in [1.29, 1.82) is 0 Å². The van der Waals surface area contributed by atoms with Crippen molar-refractivity contribution in [1.82, 2.24) is 0 Å². The summed E-state index contributed by atoms with van der Waals surface area (Å²) in [4.78, 5) is 10.4. The van der Waals surface area contributed by atoms with Gasteiger partial charge in [0.1, 0.15) is 12.4 Å². The predicted octanol–water partition coefficient (Wildman–Crippen LogP) is 4.48. The Morgan fingerprint density at radius 1 is 1.05 bits per heavy atom. The van der Waals surface area contributed by atoms with Crippen LogP contribution in [0.1, 0.15) is 5.56 Å². The minimum absolute atomic E-state index is 0.0154. The number of hydrogen-bond acceptors (Lipinski definition) is 3. The number of hydrogen-bond donors (Lipinski definition) is 0. The first-order valence-corrected chi connectivity index (χ1v) is 6.13. The van der Waals surface area contributed by atoms with Crippen LogP contribution < -0.4 is 4.74 Å². The predicted molar refractivity (Wildman–Crippen MR) is 73.9 cm³/mol. The van der Waals surface area contributed by atoms with E-state index in [1.807, 2.05) is 0 Å². The van der Waals surface area contributed by atoms with Gasteiger partial charge in [0.2, 0.25) is 0 Å². The van der Waals surface area contributed by atoms with E-state index >= 15 is 0 Å². The van der Waals surface area contributed by atoms with Crippen LogP contribution in [0, 0.1) is 10.1 Å². The lowest BCUT2D eigenvalue weighted by molar-refractivity contribution is -0.385. The number of benzene rings is 2. The highest BCUT2D eigenvalue weighted by Crippen LogP contribution is 2.24. The Hall–Kier alpha value is -1.78. The summed E-state index contributed by atoms with van der Waals surface area (Å²) in [5.41, 5.74) is 0.408. The lowest BCUT2D eigenvalue weighted by Gasteiger charge is -2.07. The van der Waals surface area contributed by atoms with Gasteiger partial charge in [0.15, 0.2) is 0 Å². The van der Waals surface area contributed by atoms with E-state index in [9.17, 15) is 10.1 Å². The van der Waals surface area contributed by atoms with Crippen molar-refractivity contribution in [2.45, 2.75) is 6.61 Å². The summed E-state index contributed by atoms with van der Waals surface area (Å²) in [6.45, 7) is 0.0680. The number of ether oxygens (including phenoxy) is 1. The molecule has 2 aromatic carbocycles. The smallest absolute Gasteiger partial charge is 0.276 e. The van der Waals surface area contributed by atoms with Crippen LogP contribution in [0.15, 0.2) is 42.5 Å². The number of rotatable bonds is 4. The average Bonchev–Trinajstić information content (AvgIpc) is 2.38. The standard InChI is InChI=1S/C13H9Cl2NO3/c14-10-1-4-12(5-2-10)19-8-9-7-11(15)3-6-13(9)16(17)18/h1-7H,8H2. The summed E-state index contributed by atoms with van der Waals surface area (Å²) in [5.74, 6) is 0.582. The van der Waals surface area contributed by atoms with Gasteiger partial charge >= 0.3 is 0 Å². The van der Waals surface area contributed by atoms with E-state index in [4.69, 9.17) is 27.9 Å². The van der Waals surface area contributed by atoms with Crippen LogP contribution in [-0.2, 0) is 6.61 Å². The van der Waals surface area contributed by atoms with Gasteiger partial charge in [-0.15, -0.1) is 0 Å². The van der Waals surface area contributed by atoms with Crippen LogP contribution in [0.25, 0.3) is 0 Å². The molecule has 0 amide bonds. The van der Waals surface area contributed by atoms with Gasteiger partial charge < -0.3 is 4.74 Å². The molecule has 0 unspecified atom stereocenters. The van der Waals surface area contributed by atoms with E-state index in [-0.39, 0.29) is 12.3 Å². The van der Waals surface area contributed by atoms with Gasteiger partial charge in [-0.2, -0.15) is 0 Å². The molecule has 4 nitrogen and oxygen atoms in total. The molecule has 0 atom stereocenters. The summed E-state index contributed by atoms with van der Waals surface area (Å²) >= 11 is 11.6. The Bertz CT molecular complexity index is 599. The molecule has 19 heavy (non-hydrogen) atoms. The first-order chi connectivity index (χ1) is 9.06. The monoisotopic (exact) mass is 297 g/mol. The van der Waals surface area contributed by atoms with E-state index in [0.29, 0.717) is 21.4 Å². The van der Waals surface area contributed by atoms with Crippen molar-refractivity contribution >= 4 is 28.9 Å². The normalized spacial score (nSPS) is 10.2. The highest BCUT2D eigenvalue weighted by atomic mass is 35.5. The average molecular weight is 298 g/mol. The molecule has 98 valence electrons. The summed E-state index contributed by atoms with van der Waals surface area (Å²) < 4.78 is 5.47. The third kappa shape index (κ3) is 3.59. The Balaban J connectivity index is 2.16. The molecule has 0 aliphatic carbocycles. The number of halogens is 2. The van der Waals surface area contributed by atoms with Crippen molar-refractivity contribution in [2.24, 2.45) is 0 Å². The Labute approximate surface area is 119 Å². The molecule has 2 aromatic rings. The van der Waals surface area contributed by atoms with Gasteiger partial charge in [-0.3, -0.25) is 10.1 Å². The van der Waals surface area contributed by atoms with Gasteiger partial charge in [0, 0.05) is 16.1 Å². The fraction of sp³-hybridized carbons (Fsp3) is 0.0769. The SMILES string of the molecule is O=[N+]([O-])c1ccc(Cl)cc1COc1ccc(Cl)cc1. The first kappa shape index (κ1) is 13.6. The first-order valence-electron chi connectivity index (χ1n) is 5.37. The highest BCUT2D eigenvalue weighted by Gasteiger charge is 2.14. The molecule has 0 spiro atoms. The van der Waals surface area contributed by atoms with Crippen LogP contribution in [0.4, 0.5) is 5.69 Å². The van der Waals surface area contributed by atoms with Crippen LogP contribution in [-0.4, -0.2) is 4.92 Å². The molecule has 0 saturated carbocycles. The second-order valence-electron chi connectivity index (χ2n) is 3.77. The fourth-order valence-corrected chi connectivity index (χ4v) is 1.86. The fourth-order valence-electron chi connectivity index (χ4n) is 1.54. The molecule has 2 rings (SSSR count). The van der Waals surface area contributed by atoms with E-state index < -0.39 is 4.92 Å². The number of nitro benzene ring substituents is 1. The minimum Gasteiger partial charge on any atom is -0.489 e. The van der Waals surface area contributed by atoms with Crippen molar-refractivity contribution in [3.8, 4) is 5.75 Å². The van der Waals surface area contributed by atoms with Crippen LogP contribution in [0.2, 0.25) is 10.0 Å². The van der Waals surface area contributed by atoms with Gasteiger partial charge in [-0.25, -0.2) is 0 Å². The van der Waals surface area contributed by atoms with Crippen molar-refractivity contribution < 1.29 is 9.66 Å². The quantitative estimate of drug-likeness (QED) is 0.617. The van der Waals surface area contributed by atoms with Gasteiger partial charge in [-0.1, -0.05) is 23.2 Å². The van der Waals surface area contributed by atoms with Crippen molar-refractivity contribution in [3.63, 3.8) is 0 Å². The van der Waals surface area contributed by atoms with Gasteiger partial charge in [0.05, 0.1) is 10.5 Å². The Morgan fingerprint density at radius 3 is 2.32 bits per heavy atom. The summed E-state index contributed by atoms with van der Waals surface area (Å²) in [5, 5.41) is 11.9. The molecular formula is C13H9Cl2NO3. The third-order valence-corrected chi connectivity index (χ3v) is 2.93. The molecule has 0 N–H and O–H groups in total.